The first-order chi connectivity index (χ1) is 8.99. The highest BCUT2D eigenvalue weighted by molar-refractivity contribution is 5.98. The molecule has 19 heavy (non-hydrogen) atoms. The standard InChI is InChI=1S/C11H17N3O5/c1-18-9(16)6-7(15)10(19-2)11(17)5-3-4-8(11)13-14-12/h8,10,17H,3-6H2,1-2H3. The summed E-state index contributed by atoms with van der Waals surface area (Å²) >= 11 is 0. The van der Waals surface area contributed by atoms with Crippen LogP contribution in [0.25, 0.3) is 10.4 Å². The molecule has 8 heteroatoms. The molecule has 8 nitrogen and oxygen atoms in total. The van der Waals surface area contributed by atoms with Crippen LogP contribution in [0.15, 0.2) is 5.11 Å². The van der Waals surface area contributed by atoms with Gasteiger partial charge in [0.15, 0.2) is 5.78 Å². The summed E-state index contributed by atoms with van der Waals surface area (Å²) in [4.78, 5) is 25.7. The molecule has 1 aliphatic rings. The number of carbonyl (C=O) groups is 2. The molecule has 106 valence electrons. The highest BCUT2D eigenvalue weighted by atomic mass is 16.5. The molecule has 0 spiro atoms. The molecule has 1 N–H and O–H groups in total. The molecule has 0 heterocycles. The lowest BCUT2D eigenvalue weighted by atomic mass is 9.87. The Morgan fingerprint density at radius 3 is 2.79 bits per heavy atom. The quantitative estimate of drug-likeness (QED) is 0.251. The van der Waals surface area contributed by atoms with Crippen LogP contribution < -0.4 is 0 Å². The molecule has 0 amide bonds. The Morgan fingerprint density at radius 2 is 2.26 bits per heavy atom. The van der Waals surface area contributed by atoms with Crippen molar-refractivity contribution in [3.8, 4) is 0 Å². The van der Waals surface area contributed by atoms with Gasteiger partial charge in [-0.1, -0.05) is 5.11 Å². The monoisotopic (exact) mass is 271 g/mol. The first-order valence-corrected chi connectivity index (χ1v) is 5.88. The lowest BCUT2D eigenvalue weighted by Gasteiger charge is -2.33. The number of rotatable bonds is 6. The Balaban J connectivity index is 2.91. The summed E-state index contributed by atoms with van der Waals surface area (Å²) < 4.78 is 9.44. The van der Waals surface area contributed by atoms with E-state index < -0.39 is 35.9 Å². The van der Waals surface area contributed by atoms with E-state index in [1.807, 2.05) is 0 Å². The number of hydrogen-bond donors (Lipinski definition) is 1. The molecule has 0 aromatic carbocycles. The number of azide groups is 1. The van der Waals surface area contributed by atoms with Crippen LogP contribution in [0, 0.1) is 0 Å². The van der Waals surface area contributed by atoms with Crippen LogP contribution in [0.4, 0.5) is 0 Å². The van der Waals surface area contributed by atoms with Crippen LogP contribution in [-0.2, 0) is 19.1 Å². The molecule has 1 saturated carbocycles. The molecule has 0 radical (unpaired) electrons. The van der Waals surface area contributed by atoms with Crippen LogP contribution in [0.2, 0.25) is 0 Å². The van der Waals surface area contributed by atoms with Crippen LogP contribution in [0.5, 0.6) is 0 Å². The van der Waals surface area contributed by atoms with Crippen LogP contribution >= 0.6 is 0 Å². The molecule has 3 unspecified atom stereocenters. The zero-order valence-electron chi connectivity index (χ0n) is 10.9. The number of nitrogens with zero attached hydrogens (tertiary/aromatic N) is 3. The van der Waals surface area contributed by atoms with Gasteiger partial charge >= 0.3 is 5.97 Å². The molecule has 1 aliphatic carbocycles. The Bertz CT molecular complexity index is 407. The summed E-state index contributed by atoms with van der Waals surface area (Å²) in [5.41, 5.74) is 6.92. The first kappa shape index (κ1) is 15.4. The Morgan fingerprint density at radius 1 is 1.58 bits per heavy atom. The number of ether oxygens (including phenoxy) is 2. The molecule has 0 bridgehead atoms. The highest BCUT2D eigenvalue weighted by Gasteiger charge is 2.50. The Labute approximate surface area is 110 Å². The summed E-state index contributed by atoms with van der Waals surface area (Å²) in [6.07, 6.45) is -0.315. The van der Waals surface area contributed by atoms with Crippen molar-refractivity contribution in [3.63, 3.8) is 0 Å². The maximum atomic E-state index is 12.0. The van der Waals surface area contributed by atoms with Gasteiger partial charge in [0, 0.05) is 12.0 Å². The molecule has 1 rings (SSSR count). The highest BCUT2D eigenvalue weighted by Crippen LogP contribution is 2.37. The number of Topliss-reactive ketones (excluding diaryl/α,β-unsaturated/α-hetero) is 1. The summed E-state index contributed by atoms with van der Waals surface area (Å²) in [6.45, 7) is 0. The number of methoxy groups -OCH3 is 2. The third-order valence-electron chi connectivity index (χ3n) is 3.35. The Kier molecular flexibility index (Phi) is 5.29. The molecule has 0 aromatic heterocycles. The van der Waals surface area contributed by atoms with Gasteiger partial charge in [0.2, 0.25) is 0 Å². The summed E-state index contributed by atoms with van der Waals surface area (Å²) in [5.74, 6) is -1.29. The van der Waals surface area contributed by atoms with Crippen molar-refractivity contribution in [3.05, 3.63) is 10.4 Å². The van der Waals surface area contributed by atoms with E-state index in [1.54, 1.807) is 0 Å². The van der Waals surface area contributed by atoms with Gasteiger partial charge in [-0.2, -0.15) is 0 Å². The van der Waals surface area contributed by atoms with E-state index in [-0.39, 0.29) is 6.42 Å². The zero-order valence-corrected chi connectivity index (χ0v) is 10.9. The van der Waals surface area contributed by atoms with Gasteiger partial charge in [0.05, 0.1) is 13.2 Å². The maximum absolute atomic E-state index is 12.0. The van der Waals surface area contributed by atoms with Crippen molar-refractivity contribution < 1.29 is 24.2 Å². The average Bonchev–Trinajstić information content (AvgIpc) is 2.72. The van der Waals surface area contributed by atoms with Gasteiger partial charge < -0.3 is 14.6 Å². The van der Waals surface area contributed by atoms with E-state index in [4.69, 9.17) is 10.3 Å². The molecule has 3 atom stereocenters. The number of aliphatic hydroxyl groups is 1. The summed E-state index contributed by atoms with van der Waals surface area (Å²) in [5, 5.41) is 14.0. The van der Waals surface area contributed by atoms with Gasteiger partial charge in [-0.05, 0) is 24.8 Å². The molecule has 0 aliphatic heterocycles. The van der Waals surface area contributed by atoms with Crippen molar-refractivity contribution >= 4 is 11.8 Å². The second-order valence-corrected chi connectivity index (χ2v) is 4.44. The predicted molar refractivity (Wildman–Crippen MR) is 64.2 cm³/mol. The van der Waals surface area contributed by atoms with Crippen molar-refractivity contribution in [1.82, 2.24) is 0 Å². The average molecular weight is 271 g/mol. The van der Waals surface area contributed by atoms with Crippen LogP contribution in [0.3, 0.4) is 0 Å². The Hall–Kier alpha value is -1.63. The topological polar surface area (TPSA) is 122 Å². The largest absolute Gasteiger partial charge is 0.469 e. The first-order valence-electron chi connectivity index (χ1n) is 5.88. The number of esters is 1. The molecule has 1 fully saturated rings. The third kappa shape index (κ3) is 3.23. The van der Waals surface area contributed by atoms with E-state index in [1.165, 1.54) is 14.2 Å². The smallest absolute Gasteiger partial charge is 0.313 e. The van der Waals surface area contributed by atoms with Crippen LogP contribution in [-0.4, -0.2) is 48.8 Å². The van der Waals surface area contributed by atoms with E-state index in [2.05, 4.69) is 14.8 Å². The predicted octanol–water partition coefficient (Wildman–Crippen LogP) is 0.727. The second-order valence-electron chi connectivity index (χ2n) is 4.44. The minimum absolute atomic E-state index is 0.280. The van der Waals surface area contributed by atoms with Gasteiger partial charge in [0.1, 0.15) is 18.1 Å². The van der Waals surface area contributed by atoms with Gasteiger partial charge in [0.25, 0.3) is 0 Å². The molecule has 0 saturated heterocycles. The number of carbonyl (C=O) groups excluding carboxylic acids is 2. The molecular weight excluding hydrogens is 254 g/mol. The van der Waals surface area contributed by atoms with Crippen molar-refractivity contribution in [1.29, 1.82) is 0 Å². The van der Waals surface area contributed by atoms with Gasteiger partial charge in [-0.25, -0.2) is 0 Å². The maximum Gasteiger partial charge on any atom is 0.313 e. The fraction of sp³-hybridized carbons (Fsp3) is 0.818. The fourth-order valence-corrected chi connectivity index (χ4v) is 2.44. The van der Waals surface area contributed by atoms with E-state index >= 15 is 0 Å². The summed E-state index contributed by atoms with van der Waals surface area (Å²) in [7, 11) is 2.44. The zero-order chi connectivity index (χ0) is 14.5. The van der Waals surface area contributed by atoms with E-state index in [0.717, 1.165) is 0 Å². The third-order valence-corrected chi connectivity index (χ3v) is 3.35. The summed E-state index contributed by atoms with van der Waals surface area (Å²) in [6, 6.07) is -0.732. The minimum Gasteiger partial charge on any atom is -0.469 e. The van der Waals surface area contributed by atoms with Gasteiger partial charge in [-0.15, -0.1) is 0 Å². The van der Waals surface area contributed by atoms with E-state index in [9.17, 15) is 14.7 Å². The molecule has 0 aromatic rings. The molecular formula is C11H17N3O5. The minimum atomic E-state index is -1.56. The number of hydrogen-bond acceptors (Lipinski definition) is 6. The lowest BCUT2D eigenvalue weighted by molar-refractivity contribution is -0.155. The lowest BCUT2D eigenvalue weighted by Crippen LogP contribution is -2.53. The van der Waals surface area contributed by atoms with E-state index in [0.29, 0.717) is 12.8 Å². The SMILES string of the molecule is COC(=O)CC(=O)C(OC)C1(O)CCCC1N=[N+]=[N-]. The van der Waals surface area contributed by atoms with Gasteiger partial charge in [-0.3, -0.25) is 9.59 Å². The second kappa shape index (κ2) is 6.51. The number of ketones is 1. The van der Waals surface area contributed by atoms with Crippen molar-refractivity contribution in [2.75, 3.05) is 14.2 Å². The normalized spacial score (nSPS) is 27.4. The van der Waals surface area contributed by atoms with Crippen molar-refractivity contribution in [2.24, 2.45) is 5.11 Å². The van der Waals surface area contributed by atoms with Crippen molar-refractivity contribution in [2.45, 2.75) is 43.4 Å². The fourth-order valence-electron chi connectivity index (χ4n) is 2.44. The van der Waals surface area contributed by atoms with Crippen LogP contribution in [0.1, 0.15) is 25.7 Å².